The Bertz CT molecular complexity index is 411. The molecule has 98 valence electrons. The van der Waals surface area contributed by atoms with Crippen LogP contribution in [0.25, 0.3) is 0 Å². The van der Waals surface area contributed by atoms with Gasteiger partial charge in [-0.15, -0.1) is 12.6 Å². The van der Waals surface area contributed by atoms with E-state index in [1.54, 1.807) is 4.90 Å². The monoisotopic (exact) mass is 285 g/mol. The Kier molecular flexibility index (Phi) is 6.11. The zero-order chi connectivity index (χ0) is 13.5. The van der Waals surface area contributed by atoms with E-state index in [-0.39, 0.29) is 6.54 Å². The van der Waals surface area contributed by atoms with E-state index in [0.717, 1.165) is 5.56 Å². The number of nitrogens with zero attached hydrogens (tertiary/aromatic N) is 1. The van der Waals surface area contributed by atoms with Crippen LogP contribution in [0.4, 0.5) is 0 Å². The summed E-state index contributed by atoms with van der Waals surface area (Å²) in [7, 11) is 1.23. The van der Waals surface area contributed by atoms with Gasteiger partial charge in [-0.25, -0.2) is 4.79 Å². The summed E-state index contributed by atoms with van der Waals surface area (Å²) < 4.78 is 4.78. The summed E-state index contributed by atoms with van der Waals surface area (Å²) in [5.74, 6) is -0.683. The summed E-state index contributed by atoms with van der Waals surface area (Å²) in [6.07, 6.45) is -1.23. The molecule has 0 aliphatic rings. The Hall–Kier alpha value is -1.11. The number of ether oxygens (including phenoxy) is 1. The van der Waals surface area contributed by atoms with Crippen LogP contribution in [0.5, 0.6) is 0 Å². The highest BCUT2D eigenvalue weighted by atomic mass is 32.1. The summed E-state index contributed by atoms with van der Waals surface area (Å²) in [6.45, 7) is 0.543. The van der Waals surface area contributed by atoms with Gasteiger partial charge in [0.2, 0.25) is 0 Å². The molecular formula is C12H15NO3S2. The van der Waals surface area contributed by atoms with E-state index in [0.29, 0.717) is 10.9 Å². The fraction of sp³-hybridized carbons (Fsp3) is 0.333. The van der Waals surface area contributed by atoms with Crippen molar-refractivity contribution in [3.63, 3.8) is 0 Å². The highest BCUT2D eigenvalue weighted by Crippen LogP contribution is 2.08. The van der Waals surface area contributed by atoms with Crippen LogP contribution < -0.4 is 0 Å². The van der Waals surface area contributed by atoms with Crippen LogP contribution in [-0.2, 0) is 16.1 Å². The van der Waals surface area contributed by atoms with Crippen LogP contribution in [0, 0.1) is 0 Å². The lowest BCUT2D eigenvalue weighted by atomic mass is 10.2. The van der Waals surface area contributed by atoms with E-state index in [1.807, 2.05) is 30.3 Å². The third-order valence-corrected chi connectivity index (χ3v) is 2.89. The highest BCUT2D eigenvalue weighted by Gasteiger charge is 2.20. The SMILES string of the molecule is COC(=O)C(O)CN(Cc1ccccc1)C(=S)S. The molecule has 1 aromatic rings. The Morgan fingerprint density at radius 3 is 2.61 bits per heavy atom. The second-order valence-electron chi connectivity index (χ2n) is 3.69. The first-order valence-electron chi connectivity index (χ1n) is 5.32. The first-order chi connectivity index (χ1) is 8.54. The second kappa shape index (κ2) is 7.35. The van der Waals surface area contributed by atoms with E-state index in [9.17, 15) is 9.90 Å². The number of thiol groups is 1. The van der Waals surface area contributed by atoms with Crippen molar-refractivity contribution in [1.82, 2.24) is 4.90 Å². The molecule has 0 saturated carbocycles. The Balaban J connectivity index is 2.67. The average molecular weight is 285 g/mol. The number of aliphatic hydroxyl groups excluding tert-OH is 1. The fourth-order valence-electron chi connectivity index (χ4n) is 1.43. The van der Waals surface area contributed by atoms with Crippen molar-refractivity contribution in [3.05, 3.63) is 35.9 Å². The molecule has 1 unspecified atom stereocenters. The van der Waals surface area contributed by atoms with Gasteiger partial charge in [-0.05, 0) is 5.56 Å². The molecule has 6 heteroatoms. The van der Waals surface area contributed by atoms with Gasteiger partial charge in [0.25, 0.3) is 0 Å². The number of hydrogen-bond donors (Lipinski definition) is 2. The summed E-state index contributed by atoms with van der Waals surface area (Å²) in [6, 6.07) is 9.60. The van der Waals surface area contributed by atoms with Gasteiger partial charge in [-0.3, -0.25) is 0 Å². The largest absolute Gasteiger partial charge is 0.467 e. The molecule has 0 heterocycles. The minimum absolute atomic E-state index is 0.0594. The van der Waals surface area contributed by atoms with E-state index in [1.165, 1.54) is 7.11 Å². The lowest BCUT2D eigenvalue weighted by Crippen LogP contribution is -2.38. The number of carbonyl (C=O) groups excluding carboxylic acids is 1. The number of benzene rings is 1. The van der Waals surface area contributed by atoms with E-state index < -0.39 is 12.1 Å². The smallest absolute Gasteiger partial charge is 0.336 e. The molecule has 0 amide bonds. The van der Waals surface area contributed by atoms with E-state index >= 15 is 0 Å². The summed E-state index contributed by atoms with van der Waals surface area (Å²) >= 11 is 9.07. The first kappa shape index (κ1) is 14.9. The number of carbonyl (C=O) groups is 1. The molecule has 0 aliphatic carbocycles. The molecule has 0 fully saturated rings. The van der Waals surface area contributed by atoms with Gasteiger partial charge in [0.1, 0.15) is 4.32 Å². The summed E-state index contributed by atoms with van der Waals surface area (Å²) in [5.41, 5.74) is 1.02. The molecule has 1 rings (SSSR count). The minimum Gasteiger partial charge on any atom is -0.467 e. The van der Waals surface area contributed by atoms with E-state index in [2.05, 4.69) is 17.4 Å². The zero-order valence-electron chi connectivity index (χ0n) is 9.94. The lowest BCUT2D eigenvalue weighted by molar-refractivity contribution is -0.150. The Morgan fingerprint density at radius 2 is 2.11 bits per heavy atom. The summed E-state index contributed by atoms with van der Waals surface area (Å²) in [5, 5.41) is 9.61. The number of hydrogen-bond acceptors (Lipinski definition) is 4. The van der Waals surface area contributed by atoms with E-state index in [4.69, 9.17) is 12.2 Å². The molecule has 0 radical (unpaired) electrons. The molecule has 0 aliphatic heterocycles. The molecule has 0 bridgehead atoms. The van der Waals surface area contributed by atoms with Crippen LogP contribution in [-0.4, -0.2) is 40.1 Å². The maximum atomic E-state index is 11.2. The zero-order valence-corrected chi connectivity index (χ0v) is 11.7. The van der Waals surface area contributed by atoms with Crippen molar-refractivity contribution in [1.29, 1.82) is 0 Å². The molecule has 18 heavy (non-hydrogen) atoms. The molecule has 0 saturated heterocycles. The molecule has 1 aromatic carbocycles. The van der Waals surface area contributed by atoms with Crippen molar-refractivity contribution in [2.45, 2.75) is 12.6 Å². The number of rotatable bonds is 5. The van der Waals surface area contributed by atoms with Gasteiger partial charge in [-0.2, -0.15) is 0 Å². The van der Waals surface area contributed by atoms with Gasteiger partial charge >= 0.3 is 5.97 Å². The van der Waals surface area contributed by atoms with Gasteiger partial charge in [-0.1, -0.05) is 42.5 Å². The second-order valence-corrected chi connectivity index (χ2v) is 4.80. The molecule has 1 N–H and O–H groups in total. The molecule has 0 spiro atoms. The number of methoxy groups -OCH3 is 1. The van der Waals surface area contributed by atoms with Crippen molar-refractivity contribution < 1.29 is 14.6 Å². The highest BCUT2D eigenvalue weighted by molar-refractivity contribution is 8.10. The van der Waals surface area contributed by atoms with Crippen LogP contribution in [0.2, 0.25) is 0 Å². The van der Waals surface area contributed by atoms with Crippen molar-refractivity contribution in [3.8, 4) is 0 Å². The van der Waals surface area contributed by atoms with Crippen molar-refractivity contribution in [2.75, 3.05) is 13.7 Å². The topological polar surface area (TPSA) is 49.8 Å². The standard InChI is InChI=1S/C12H15NO3S2/c1-16-11(15)10(14)8-13(12(17)18)7-9-5-3-2-4-6-9/h2-6,10,14H,7-8H2,1H3,(H,17,18). The predicted molar refractivity (Wildman–Crippen MR) is 76.5 cm³/mol. The van der Waals surface area contributed by atoms with Crippen LogP contribution >= 0.6 is 24.8 Å². The quantitative estimate of drug-likeness (QED) is 0.484. The van der Waals surface area contributed by atoms with Crippen LogP contribution in [0.3, 0.4) is 0 Å². The number of thiocarbonyl (C=S) groups is 1. The van der Waals surface area contributed by atoms with Gasteiger partial charge in [0.15, 0.2) is 6.10 Å². The first-order valence-corrected chi connectivity index (χ1v) is 6.18. The maximum Gasteiger partial charge on any atom is 0.336 e. The number of esters is 1. The van der Waals surface area contributed by atoms with Crippen molar-refractivity contribution in [2.24, 2.45) is 0 Å². The third-order valence-electron chi connectivity index (χ3n) is 2.35. The molecule has 4 nitrogen and oxygen atoms in total. The molecular weight excluding hydrogens is 270 g/mol. The predicted octanol–water partition coefficient (Wildman–Crippen LogP) is 1.24. The summed E-state index contributed by atoms with van der Waals surface area (Å²) in [4.78, 5) is 12.8. The van der Waals surface area contributed by atoms with Crippen LogP contribution in [0.15, 0.2) is 30.3 Å². The molecule has 0 aromatic heterocycles. The number of aliphatic hydroxyl groups is 1. The minimum atomic E-state index is -1.23. The Morgan fingerprint density at radius 1 is 1.50 bits per heavy atom. The third kappa shape index (κ3) is 4.64. The van der Waals surface area contributed by atoms with Crippen molar-refractivity contribution >= 4 is 35.1 Å². The van der Waals surface area contributed by atoms with Gasteiger partial charge in [0.05, 0.1) is 13.7 Å². The maximum absolute atomic E-state index is 11.2. The molecule has 1 atom stereocenters. The Labute approximate surface area is 117 Å². The lowest BCUT2D eigenvalue weighted by Gasteiger charge is -2.24. The van der Waals surface area contributed by atoms with Crippen LogP contribution in [0.1, 0.15) is 5.56 Å². The van der Waals surface area contributed by atoms with Gasteiger partial charge < -0.3 is 14.7 Å². The fourth-order valence-corrected chi connectivity index (χ4v) is 1.72. The van der Waals surface area contributed by atoms with Gasteiger partial charge in [0, 0.05) is 6.54 Å². The average Bonchev–Trinajstić information content (AvgIpc) is 2.37. The normalized spacial score (nSPS) is 11.7.